The van der Waals surface area contributed by atoms with Crippen LogP contribution in [0.2, 0.25) is 0 Å². The van der Waals surface area contributed by atoms with Crippen LogP contribution in [-0.2, 0) is 22.6 Å². The Hall–Kier alpha value is -2.58. The van der Waals surface area contributed by atoms with E-state index in [0.717, 1.165) is 46.5 Å². The summed E-state index contributed by atoms with van der Waals surface area (Å²) in [6.45, 7) is 8.56. The van der Waals surface area contributed by atoms with Gasteiger partial charge in [-0.05, 0) is 85.3 Å². The van der Waals surface area contributed by atoms with Crippen molar-refractivity contribution in [2.45, 2.75) is 70.3 Å². The van der Waals surface area contributed by atoms with E-state index in [9.17, 15) is 5.11 Å². The average Bonchev–Trinajstić information content (AvgIpc) is 3.71. The lowest BCUT2D eigenvalue weighted by atomic mass is 9.89. The lowest BCUT2D eigenvalue weighted by molar-refractivity contribution is -0.276. The van der Waals surface area contributed by atoms with Gasteiger partial charge < -0.3 is 25.2 Å². The third kappa shape index (κ3) is 6.59. The van der Waals surface area contributed by atoms with Gasteiger partial charge in [0, 0.05) is 37.2 Å². The summed E-state index contributed by atoms with van der Waals surface area (Å²) in [5, 5.41) is 9.60. The van der Waals surface area contributed by atoms with E-state index in [1.54, 1.807) is 0 Å². The summed E-state index contributed by atoms with van der Waals surface area (Å²) in [7, 11) is 0. The van der Waals surface area contributed by atoms with Crippen molar-refractivity contribution in [3.8, 4) is 11.1 Å². The Kier molecular flexibility index (Phi) is 9.16. The number of aliphatic hydroxyl groups is 1. The highest BCUT2D eigenvalue weighted by atomic mass is 16.7. The molecule has 0 amide bonds. The van der Waals surface area contributed by atoms with Gasteiger partial charge in [0.1, 0.15) is 0 Å². The van der Waals surface area contributed by atoms with Crippen LogP contribution >= 0.6 is 0 Å². The van der Waals surface area contributed by atoms with Crippen LogP contribution in [0.15, 0.2) is 72.8 Å². The number of nitrogens with zero attached hydrogens (tertiary/aromatic N) is 2. The highest BCUT2D eigenvalue weighted by Gasteiger charge is 2.40. The summed E-state index contributed by atoms with van der Waals surface area (Å²) in [5.74, 6) is 0.184. The third-order valence-corrected chi connectivity index (χ3v) is 9.36. The average molecular weight is 556 g/mol. The van der Waals surface area contributed by atoms with Crippen LogP contribution in [0.5, 0.6) is 0 Å². The van der Waals surface area contributed by atoms with Gasteiger partial charge in [0.15, 0.2) is 6.29 Å². The van der Waals surface area contributed by atoms with E-state index < -0.39 is 6.29 Å². The van der Waals surface area contributed by atoms with Gasteiger partial charge in [-0.1, -0.05) is 67.6 Å². The fourth-order valence-electron chi connectivity index (χ4n) is 6.91. The highest BCUT2D eigenvalue weighted by molar-refractivity contribution is 5.65. The lowest BCUT2D eigenvalue weighted by Gasteiger charge is -2.43. The number of likely N-dealkylation sites (tertiary alicyclic amines) is 2. The fraction of sp³-hybridized carbons (Fsp3) is 0.486. The quantitative estimate of drug-likeness (QED) is 0.355. The minimum atomic E-state index is -0.462. The van der Waals surface area contributed by atoms with Gasteiger partial charge in [0.25, 0.3) is 0 Å². The summed E-state index contributed by atoms with van der Waals surface area (Å²) in [6.07, 6.45) is 4.68. The van der Waals surface area contributed by atoms with E-state index in [-0.39, 0.29) is 24.7 Å². The van der Waals surface area contributed by atoms with Crippen molar-refractivity contribution in [2.75, 3.05) is 32.7 Å². The molecule has 0 bridgehead atoms. The lowest BCUT2D eigenvalue weighted by Crippen LogP contribution is -2.48. The number of nitrogens with two attached hydrogens (primary N) is 1. The molecular formula is C35H45N3O3. The van der Waals surface area contributed by atoms with Crippen LogP contribution in [0.4, 0.5) is 0 Å². The summed E-state index contributed by atoms with van der Waals surface area (Å²) in [6, 6.07) is 25.8. The van der Waals surface area contributed by atoms with Crippen molar-refractivity contribution in [2.24, 2.45) is 11.7 Å². The third-order valence-electron chi connectivity index (χ3n) is 9.36. The molecule has 3 heterocycles. The Balaban J connectivity index is 1.26. The van der Waals surface area contributed by atoms with Crippen LogP contribution in [0, 0.1) is 5.92 Å². The van der Waals surface area contributed by atoms with Gasteiger partial charge in [-0.15, -0.1) is 0 Å². The topological polar surface area (TPSA) is 71.2 Å². The second kappa shape index (κ2) is 13.2. The molecule has 6 heteroatoms. The van der Waals surface area contributed by atoms with Crippen molar-refractivity contribution in [1.82, 2.24) is 9.80 Å². The Morgan fingerprint density at radius 2 is 1.56 bits per heavy atom. The van der Waals surface area contributed by atoms with E-state index in [1.807, 2.05) is 12.1 Å². The smallest absolute Gasteiger partial charge is 0.184 e. The molecule has 3 fully saturated rings. The van der Waals surface area contributed by atoms with Gasteiger partial charge in [0.05, 0.1) is 18.8 Å². The van der Waals surface area contributed by atoms with Crippen LogP contribution < -0.4 is 5.73 Å². The van der Waals surface area contributed by atoms with Crippen LogP contribution in [0.1, 0.15) is 67.3 Å². The molecule has 3 aliphatic rings. The van der Waals surface area contributed by atoms with Crippen molar-refractivity contribution in [1.29, 1.82) is 0 Å². The Morgan fingerprint density at radius 1 is 0.805 bits per heavy atom. The van der Waals surface area contributed by atoms with Gasteiger partial charge in [-0.25, -0.2) is 0 Å². The number of ether oxygens (including phenoxy) is 2. The maximum Gasteiger partial charge on any atom is 0.184 e. The first-order valence-corrected chi connectivity index (χ1v) is 15.5. The molecule has 218 valence electrons. The monoisotopic (exact) mass is 555 g/mol. The van der Waals surface area contributed by atoms with Crippen LogP contribution in [0.25, 0.3) is 11.1 Å². The first kappa shape index (κ1) is 28.5. The highest BCUT2D eigenvalue weighted by Crippen LogP contribution is 2.43. The van der Waals surface area contributed by atoms with Crippen molar-refractivity contribution in [3.05, 3.63) is 95.1 Å². The first-order valence-electron chi connectivity index (χ1n) is 15.5. The molecule has 3 aromatic carbocycles. The molecular weight excluding hydrogens is 510 g/mol. The second-order valence-corrected chi connectivity index (χ2v) is 12.2. The van der Waals surface area contributed by atoms with Crippen molar-refractivity contribution >= 4 is 0 Å². The van der Waals surface area contributed by atoms with Gasteiger partial charge in [0.2, 0.25) is 0 Å². The van der Waals surface area contributed by atoms with Crippen molar-refractivity contribution in [3.63, 3.8) is 0 Å². The number of aliphatic hydroxyl groups excluding tert-OH is 1. The summed E-state index contributed by atoms with van der Waals surface area (Å²) in [5.41, 5.74) is 12.4. The molecule has 0 aliphatic carbocycles. The summed E-state index contributed by atoms with van der Waals surface area (Å²) < 4.78 is 13.6. The minimum Gasteiger partial charge on any atom is -0.392 e. The molecule has 0 spiro atoms. The molecule has 5 unspecified atom stereocenters. The van der Waals surface area contributed by atoms with Gasteiger partial charge in [-0.3, -0.25) is 4.90 Å². The van der Waals surface area contributed by atoms with Crippen molar-refractivity contribution < 1.29 is 14.6 Å². The zero-order valence-corrected chi connectivity index (χ0v) is 24.3. The zero-order chi connectivity index (χ0) is 28.2. The molecule has 3 saturated heterocycles. The SMILES string of the molecule is CC1C(CN2CCCC2CN2CCCC2)OC(c2cccc(-c3cccc(CN)c3)c2)OC1c1ccc(CO)cc1. The molecule has 6 nitrogen and oxygen atoms in total. The first-order chi connectivity index (χ1) is 20.1. The standard InChI is InChI=1S/C35H45N3O3/c1-25-33(23-38-18-6-11-32(38)22-37-16-2-3-17-37)40-35(41-34(25)28-14-12-26(24-39)13-15-28)31-10-5-9-30(20-31)29-8-4-7-27(19-29)21-36/h4-5,7-10,12-15,19-20,25,32-35,39H,2-3,6,11,16-18,21-24,36H2,1H3. The fourth-order valence-corrected chi connectivity index (χ4v) is 6.91. The predicted molar refractivity (Wildman–Crippen MR) is 163 cm³/mol. The molecule has 3 aliphatic heterocycles. The number of rotatable bonds is 9. The van der Waals surface area contributed by atoms with Crippen LogP contribution in [0.3, 0.4) is 0 Å². The summed E-state index contributed by atoms with van der Waals surface area (Å²) >= 11 is 0. The zero-order valence-electron chi connectivity index (χ0n) is 24.3. The molecule has 3 N–H and O–H groups in total. The van der Waals surface area contributed by atoms with E-state index in [2.05, 4.69) is 77.4 Å². The van der Waals surface area contributed by atoms with Gasteiger partial charge >= 0.3 is 0 Å². The second-order valence-electron chi connectivity index (χ2n) is 12.2. The largest absolute Gasteiger partial charge is 0.392 e. The molecule has 0 radical (unpaired) electrons. The minimum absolute atomic E-state index is 0.0414. The Bertz CT molecular complexity index is 1280. The predicted octanol–water partition coefficient (Wildman–Crippen LogP) is 5.66. The van der Waals surface area contributed by atoms with E-state index in [1.165, 1.54) is 45.3 Å². The van der Waals surface area contributed by atoms with Gasteiger partial charge in [-0.2, -0.15) is 0 Å². The Morgan fingerprint density at radius 3 is 2.32 bits per heavy atom. The summed E-state index contributed by atoms with van der Waals surface area (Å²) in [4.78, 5) is 5.33. The molecule has 0 saturated carbocycles. The molecule has 41 heavy (non-hydrogen) atoms. The molecule has 5 atom stereocenters. The van der Waals surface area contributed by atoms with Crippen LogP contribution in [-0.4, -0.2) is 59.8 Å². The number of hydrogen-bond acceptors (Lipinski definition) is 6. The van der Waals surface area contributed by atoms with E-state index in [0.29, 0.717) is 12.6 Å². The number of hydrogen-bond donors (Lipinski definition) is 2. The molecule has 0 aromatic heterocycles. The molecule has 6 rings (SSSR count). The van der Waals surface area contributed by atoms with E-state index in [4.69, 9.17) is 15.2 Å². The maximum atomic E-state index is 9.60. The maximum absolute atomic E-state index is 9.60. The van der Waals surface area contributed by atoms with E-state index >= 15 is 0 Å². The number of benzene rings is 3. The Labute approximate surface area is 245 Å². The molecule has 3 aromatic rings. The normalized spacial score (nSPS) is 27.4.